The van der Waals surface area contributed by atoms with Crippen LogP contribution in [0.15, 0.2) is 29.4 Å². The maximum Gasteiger partial charge on any atom is 0.438 e. The van der Waals surface area contributed by atoms with Crippen molar-refractivity contribution < 1.29 is 23.0 Å². The van der Waals surface area contributed by atoms with E-state index in [9.17, 15) is 18.3 Å². The average Bonchev–Trinajstić information content (AvgIpc) is 3.05. The summed E-state index contributed by atoms with van der Waals surface area (Å²) >= 11 is 1.06. The quantitative estimate of drug-likeness (QED) is 0.925. The van der Waals surface area contributed by atoms with Gasteiger partial charge in [-0.1, -0.05) is 23.5 Å². The van der Waals surface area contributed by atoms with Crippen LogP contribution in [0.5, 0.6) is 0 Å². The fraction of sp³-hybridized carbons (Fsp3) is 0.429. The molecule has 1 aromatic heterocycles. The number of aromatic nitrogens is 1. The van der Waals surface area contributed by atoms with Crippen molar-refractivity contribution >= 4 is 32.4 Å². The number of anilines is 1. The molecular formula is C14H14F3N3O2S. The van der Waals surface area contributed by atoms with Crippen LogP contribution in [0.3, 0.4) is 0 Å². The molecule has 0 saturated carbocycles. The number of alkyl halides is 3. The van der Waals surface area contributed by atoms with Crippen molar-refractivity contribution in [3.63, 3.8) is 0 Å². The fourth-order valence-corrected chi connectivity index (χ4v) is 3.33. The first-order valence-corrected chi connectivity index (χ1v) is 7.67. The molecule has 5 nitrogen and oxygen atoms in total. The number of aliphatic hydroxyl groups is 1. The summed E-state index contributed by atoms with van der Waals surface area (Å²) in [5.74, 6) is 0. The molecule has 0 spiro atoms. The van der Waals surface area contributed by atoms with Gasteiger partial charge in [-0.15, -0.1) is 0 Å². The van der Waals surface area contributed by atoms with Crippen molar-refractivity contribution in [1.29, 1.82) is 0 Å². The number of hydrogen-bond donors (Lipinski definition) is 1. The Balaban J connectivity index is 2.02. The van der Waals surface area contributed by atoms with E-state index >= 15 is 0 Å². The molecule has 1 N–H and O–H groups in total. The Morgan fingerprint density at radius 3 is 2.78 bits per heavy atom. The SMILES string of the molecule is COCCC1=NN(c2nc3ccccc3s2)[C@](O)(C(F)(F)F)C1. The third-order valence-corrected chi connectivity index (χ3v) is 4.57. The molecule has 1 aliphatic heterocycles. The third kappa shape index (κ3) is 2.79. The van der Waals surface area contributed by atoms with Crippen molar-refractivity contribution in [1.82, 2.24) is 4.98 Å². The lowest BCUT2D eigenvalue weighted by Gasteiger charge is -2.32. The monoisotopic (exact) mass is 345 g/mol. The summed E-state index contributed by atoms with van der Waals surface area (Å²) in [5.41, 5.74) is -2.28. The van der Waals surface area contributed by atoms with Gasteiger partial charge in [-0.2, -0.15) is 23.3 Å². The average molecular weight is 345 g/mol. The number of hydrogen-bond acceptors (Lipinski definition) is 6. The number of halogens is 3. The number of thiazole rings is 1. The summed E-state index contributed by atoms with van der Waals surface area (Å²) < 4.78 is 45.8. The predicted octanol–water partition coefficient (Wildman–Crippen LogP) is 3.15. The minimum Gasteiger partial charge on any atom is -0.384 e. The lowest BCUT2D eigenvalue weighted by atomic mass is 10.1. The Bertz CT molecular complexity index is 713. The Kier molecular flexibility index (Phi) is 4.03. The molecule has 0 saturated heterocycles. The summed E-state index contributed by atoms with van der Waals surface area (Å²) in [7, 11) is 1.46. The van der Waals surface area contributed by atoms with Gasteiger partial charge in [0.1, 0.15) is 0 Å². The molecule has 2 heterocycles. The standard InChI is InChI=1S/C14H14F3N3O2S/c1-22-7-6-9-8-13(21,14(15,16)17)20(19-9)12-18-10-4-2-3-5-11(10)23-12/h2-5,21H,6-8H2,1H3/t13-/m1/s1. The molecule has 0 aliphatic carbocycles. The maximum absolute atomic E-state index is 13.4. The number of para-hydroxylation sites is 1. The Morgan fingerprint density at radius 1 is 1.39 bits per heavy atom. The summed E-state index contributed by atoms with van der Waals surface area (Å²) in [5, 5.41) is 14.8. The van der Waals surface area contributed by atoms with E-state index in [2.05, 4.69) is 10.1 Å². The molecule has 1 aliphatic rings. The van der Waals surface area contributed by atoms with Crippen LogP contribution in [-0.4, -0.2) is 41.4 Å². The number of rotatable bonds is 4. The number of ether oxygens (including phenoxy) is 1. The molecule has 124 valence electrons. The molecule has 23 heavy (non-hydrogen) atoms. The van der Waals surface area contributed by atoms with Gasteiger partial charge in [0.15, 0.2) is 0 Å². The van der Waals surface area contributed by atoms with Gasteiger partial charge in [-0.05, 0) is 12.1 Å². The smallest absolute Gasteiger partial charge is 0.384 e. The van der Waals surface area contributed by atoms with Gasteiger partial charge in [0, 0.05) is 25.7 Å². The minimum absolute atomic E-state index is 0.0124. The highest BCUT2D eigenvalue weighted by molar-refractivity contribution is 7.22. The zero-order valence-corrected chi connectivity index (χ0v) is 13.0. The summed E-state index contributed by atoms with van der Waals surface area (Å²) in [6.45, 7) is 0.237. The number of hydrazone groups is 1. The molecule has 2 aromatic rings. The zero-order valence-electron chi connectivity index (χ0n) is 12.2. The van der Waals surface area contributed by atoms with Crippen molar-refractivity contribution in [2.45, 2.75) is 24.7 Å². The molecule has 9 heteroatoms. The van der Waals surface area contributed by atoms with Gasteiger partial charge in [-0.25, -0.2) is 4.98 Å². The molecule has 0 amide bonds. The van der Waals surface area contributed by atoms with E-state index in [-0.39, 0.29) is 23.9 Å². The highest BCUT2D eigenvalue weighted by Gasteiger charge is 2.62. The molecule has 0 bridgehead atoms. The van der Waals surface area contributed by atoms with Gasteiger partial charge in [0.05, 0.1) is 16.8 Å². The lowest BCUT2D eigenvalue weighted by molar-refractivity contribution is -0.254. The summed E-state index contributed by atoms with van der Waals surface area (Å²) in [6.07, 6.45) is -5.25. The van der Waals surface area contributed by atoms with E-state index < -0.39 is 18.3 Å². The van der Waals surface area contributed by atoms with E-state index in [1.165, 1.54) is 7.11 Å². The van der Waals surface area contributed by atoms with E-state index in [1.54, 1.807) is 24.3 Å². The minimum atomic E-state index is -4.86. The third-order valence-electron chi connectivity index (χ3n) is 3.55. The number of methoxy groups -OCH3 is 1. The van der Waals surface area contributed by atoms with E-state index in [4.69, 9.17) is 4.74 Å². The molecule has 1 aromatic carbocycles. The van der Waals surface area contributed by atoms with Crippen molar-refractivity contribution in [2.75, 3.05) is 18.7 Å². The van der Waals surface area contributed by atoms with Gasteiger partial charge < -0.3 is 9.84 Å². The molecule has 0 radical (unpaired) electrons. The molecule has 1 atom stereocenters. The zero-order chi connectivity index (χ0) is 16.7. The van der Waals surface area contributed by atoms with Crippen LogP contribution in [0.4, 0.5) is 18.3 Å². The van der Waals surface area contributed by atoms with E-state index in [0.29, 0.717) is 10.5 Å². The highest BCUT2D eigenvalue weighted by Crippen LogP contribution is 2.44. The first-order chi connectivity index (χ1) is 10.8. The molecule has 3 rings (SSSR count). The molecule has 0 unspecified atom stereocenters. The van der Waals surface area contributed by atoms with Crippen LogP contribution in [0, 0.1) is 0 Å². The van der Waals surface area contributed by atoms with E-state index in [0.717, 1.165) is 16.0 Å². The Hall–Kier alpha value is -1.71. The Labute approximate surface area is 134 Å². The fourth-order valence-electron chi connectivity index (χ4n) is 2.35. The van der Waals surface area contributed by atoms with Gasteiger partial charge >= 0.3 is 6.18 Å². The number of nitrogens with zero attached hydrogens (tertiary/aromatic N) is 3. The molecular weight excluding hydrogens is 331 g/mol. The van der Waals surface area contributed by atoms with Crippen molar-refractivity contribution in [3.05, 3.63) is 24.3 Å². The highest BCUT2D eigenvalue weighted by atomic mass is 32.1. The summed E-state index contributed by atoms with van der Waals surface area (Å²) in [4.78, 5) is 4.16. The topological polar surface area (TPSA) is 58.0 Å². The molecule has 0 fully saturated rings. The van der Waals surface area contributed by atoms with Crippen LogP contribution in [0.1, 0.15) is 12.8 Å². The van der Waals surface area contributed by atoms with Gasteiger partial charge in [0.25, 0.3) is 5.72 Å². The van der Waals surface area contributed by atoms with Crippen LogP contribution in [-0.2, 0) is 4.74 Å². The van der Waals surface area contributed by atoms with Crippen molar-refractivity contribution in [3.8, 4) is 0 Å². The summed E-state index contributed by atoms with van der Waals surface area (Å²) in [6, 6.07) is 6.99. The van der Waals surface area contributed by atoms with Gasteiger partial charge in [-0.3, -0.25) is 0 Å². The predicted molar refractivity (Wildman–Crippen MR) is 81.6 cm³/mol. The van der Waals surface area contributed by atoms with E-state index in [1.807, 2.05) is 0 Å². The van der Waals surface area contributed by atoms with Crippen LogP contribution in [0.2, 0.25) is 0 Å². The number of fused-ring (bicyclic) bond motifs is 1. The second-order valence-electron chi connectivity index (χ2n) is 5.18. The number of benzene rings is 1. The second-order valence-corrected chi connectivity index (χ2v) is 6.19. The van der Waals surface area contributed by atoms with Crippen LogP contribution >= 0.6 is 11.3 Å². The van der Waals surface area contributed by atoms with Crippen molar-refractivity contribution in [2.24, 2.45) is 5.10 Å². The Morgan fingerprint density at radius 2 is 2.13 bits per heavy atom. The maximum atomic E-state index is 13.4. The second kappa shape index (κ2) is 5.73. The first-order valence-electron chi connectivity index (χ1n) is 6.85. The first kappa shape index (κ1) is 16.2. The lowest BCUT2D eigenvalue weighted by Crippen LogP contribution is -2.55. The van der Waals surface area contributed by atoms with Gasteiger partial charge in [0.2, 0.25) is 5.13 Å². The van der Waals surface area contributed by atoms with Crippen LogP contribution in [0.25, 0.3) is 10.2 Å². The normalized spacial score (nSPS) is 22.0. The largest absolute Gasteiger partial charge is 0.438 e. The van der Waals surface area contributed by atoms with Crippen LogP contribution < -0.4 is 5.01 Å².